The molecule has 0 aliphatic rings. The molecule has 1 heteroatoms. The van der Waals surface area contributed by atoms with E-state index in [1.807, 2.05) is 0 Å². The fourth-order valence-corrected chi connectivity index (χ4v) is 6.72. The zero-order chi connectivity index (χ0) is 31.9. The van der Waals surface area contributed by atoms with Gasteiger partial charge in [0.2, 0.25) is 0 Å². The van der Waals surface area contributed by atoms with Crippen LogP contribution in [0.2, 0.25) is 0 Å². The van der Waals surface area contributed by atoms with Gasteiger partial charge in [-0.15, -0.1) is 0 Å². The summed E-state index contributed by atoms with van der Waals surface area (Å²) < 4.78 is 0. The second-order valence-corrected chi connectivity index (χ2v) is 14.2. The number of rotatable bonds is 32. The summed E-state index contributed by atoms with van der Waals surface area (Å²) in [6.45, 7) is 4.60. The van der Waals surface area contributed by atoms with E-state index in [0.717, 1.165) is 0 Å². The molecule has 45 heavy (non-hydrogen) atoms. The zero-order valence-corrected chi connectivity index (χ0v) is 30.3. The topological polar surface area (TPSA) is 12.0 Å². The Morgan fingerprint density at radius 3 is 0.756 bits per heavy atom. The summed E-state index contributed by atoms with van der Waals surface area (Å²) in [6, 6.07) is 18.3. The highest BCUT2D eigenvalue weighted by Crippen LogP contribution is 2.21. The average Bonchev–Trinajstić information content (AvgIpc) is 3.06. The predicted molar refractivity (Wildman–Crippen MR) is 204 cm³/mol. The Bertz CT molecular complexity index is 793. The third-order valence-corrected chi connectivity index (χ3v) is 9.83. The molecule has 0 amide bonds. The van der Waals surface area contributed by atoms with Gasteiger partial charge in [0.15, 0.2) is 0 Å². The number of unbranched alkanes of at least 4 members (excludes halogenated alkanes) is 26. The summed E-state index contributed by atoms with van der Waals surface area (Å²) in [7, 11) is 0. The standard InChI is InChI=1S/C44H75N/c1-3-5-7-9-11-13-15-17-19-21-23-25-27-29-31-41-33-37-43(38-34-41)45-44-39-35-42(36-40-44)32-30-28-26-24-22-20-18-16-14-12-10-8-6-4-2/h33-40,45H,3-32H2,1-2H3. The lowest BCUT2D eigenvalue weighted by molar-refractivity contribution is 0.535. The molecule has 1 N–H and O–H groups in total. The molecule has 2 rings (SSSR count). The fraction of sp³-hybridized carbons (Fsp3) is 0.727. The van der Waals surface area contributed by atoms with E-state index in [9.17, 15) is 0 Å². The Hall–Kier alpha value is -1.76. The van der Waals surface area contributed by atoms with Gasteiger partial charge in [-0.2, -0.15) is 0 Å². The molecular weight excluding hydrogens is 542 g/mol. The van der Waals surface area contributed by atoms with Gasteiger partial charge in [-0.1, -0.05) is 205 Å². The van der Waals surface area contributed by atoms with Crippen molar-refractivity contribution in [2.45, 2.75) is 206 Å². The highest BCUT2D eigenvalue weighted by molar-refractivity contribution is 5.60. The van der Waals surface area contributed by atoms with Crippen molar-refractivity contribution in [3.63, 3.8) is 0 Å². The molecule has 0 aliphatic carbocycles. The molecule has 0 heterocycles. The average molecular weight is 618 g/mol. The van der Waals surface area contributed by atoms with E-state index >= 15 is 0 Å². The van der Waals surface area contributed by atoms with Gasteiger partial charge >= 0.3 is 0 Å². The van der Waals surface area contributed by atoms with Gasteiger partial charge in [0, 0.05) is 11.4 Å². The van der Waals surface area contributed by atoms with E-state index in [1.165, 1.54) is 215 Å². The SMILES string of the molecule is CCCCCCCCCCCCCCCCc1ccc(Nc2ccc(CCCCCCCCCCCCCCCC)cc2)cc1. The second kappa shape index (κ2) is 29.6. The van der Waals surface area contributed by atoms with E-state index in [4.69, 9.17) is 0 Å². The van der Waals surface area contributed by atoms with Crippen LogP contribution in [0.3, 0.4) is 0 Å². The molecule has 0 fully saturated rings. The van der Waals surface area contributed by atoms with Crippen LogP contribution in [0.15, 0.2) is 48.5 Å². The van der Waals surface area contributed by atoms with Crippen LogP contribution in [0.25, 0.3) is 0 Å². The summed E-state index contributed by atoms with van der Waals surface area (Å²) in [5.74, 6) is 0. The third kappa shape index (κ3) is 23.2. The summed E-state index contributed by atoms with van der Waals surface area (Å²) in [6.07, 6.45) is 42.4. The first-order chi connectivity index (χ1) is 22.3. The van der Waals surface area contributed by atoms with Crippen molar-refractivity contribution in [3.05, 3.63) is 59.7 Å². The van der Waals surface area contributed by atoms with Crippen LogP contribution in [0.5, 0.6) is 0 Å². The number of nitrogens with one attached hydrogen (secondary N) is 1. The zero-order valence-electron chi connectivity index (χ0n) is 30.3. The van der Waals surface area contributed by atoms with Gasteiger partial charge in [-0.3, -0.25) is 0 Å². The molecule has 0 saturated carbocycles. The molecule has 2 aromatic rings. The summed E-state index contributed by atoms with van der Waals surface area (Å²) >= 11 is 0. The van der Waals surface area contributed by atoms with Gasteiger partial charge in [0.25, 0.3) is 0 Å². The molecule has 0 saturated heterocycles. The maximum absolute atomic E-state index is 3.60. The Morgan fingerprint density at radius 2 is 0.511 bits per heavy atom. The van der Waals surface area contributed by atoms with E-state index in [-0.39, 0.29) is 0 Å². The highest BCUT2D eigenvalue weighted by Gasteiger charge is 2.00. The van der Waals surface area contributed by atoms with Crippen LogP contribution >= 0.6 is 0 Å². The molecule has 0 bridgehead atoms. The first kappa shape index (κ1) is 39.4. The molecule has 2 aromatic carbocycles. The minimum absolute atomic E-state index is 1.19. The minimum Gasteiger partial charge on any atom is -0.356 e. The van der Waals surface area contributed by atoms with Gasteiger partial charge in [0.1, 0.15) is 0 Å². The Morgan fingerprint density at radius 1 is 0.289 bits per heavy atom. The lowest BCUT2D eigenvalue weighted by Crippen LogP contribution is -1.93. The first-order valence-electron chi connectivity index (χ1n) is 20.3. The van der Waals surface area contributed by atoms with Crippen molar-refractivity contribution in [3.8, 4) is 0 Å². The van der Waals surface area contributed by atoms with Crippen LogP contribution in [-0.2, 0) is 12.8 Å². The number of hydrogen-bond acceptors (Lipinski definition) is 1. The first-order valence-corrected chi connectivity index (χ1v) is 20.3. The van der Waals surface area contributed by atoms with Gasteiger partial charge < -0.3 is 5.32 Å². The fourth-order valence-electron chi connectivity index (χ4n) is 6.72. The second-order valence-electron chi connectivity index (χ2n) is 14.2. The van der Waals surface area contributed by atoms with Crippen molar-refractivity contribution < 1.29 is 0 Å². The quantitative estimate of drug-likeness (QED) is 0.0805. The van der Waals surface area contributed by atoms with Crippen LogP contribution in [0.1, 0.15) is 205 Å². The molecule has 0 aliphatic heterocycles. The van der Waals surface area contributed by atoms with Crippen LogP contribution in [0, 0.1) is 0 Å². The Kier molecular flexibility index (Phi) is 26.0. The summed E-state index contributed by atoms with van der Waals surface area (Å²) in [5, 5.41) is 3.60. The lowest BCUT2D eigenvalue weighted by atomic mass is 10.0. The molecule has 0 radical (unpaired) electrons. The van der Waals surface area contributed by atoms with Gasteiger partial charge in [0.05, 0.1) is 0 Å². The van der Waals surface area contributed by atoms with Crippen LogP contribution < -0.4 is 5.32 Å². The van der Waals surface area contributed by atoms with Gasteiger partial charge in [-0.05, 0) is 61.1 Å². The van der Waals surface area contributed by atoms with Crippen molar-refractivity contribution in [1.29, 1.82) is 0 Å². The molecule has 0 spiro atoms. The molecule has 256 valence electrons. The van der Waals surface area contributed by atoms with Crippen molar-refractivity contribution in [2.24, 2.45) is 0 Å². The number of anilines is 2. The minimum atomic E-state index is 1.19. The van der Waals surface area contributed by atoms with Gasteiger partial charge in [-0.25, -0.2) is 0 Å². The Labute approximate surface area is 282 Å². The lowest BCUT2D eigenvalue weighted by Gasteiger charge is -2.09. The third-order valence-electron chi connectivity index (χ3n) is 9.83. The maximum atomic E-state index is 3.60. The highest BCUT2D eigenvalue weighted by atomic mass is 14.9. The molecule has 0 unspecified atom stereocenters. The van der Waals surface area contributed by atoms with Crippen molar-refractivity contribution in [1.82, 2.24) is 0 Å². The maximum Gasteiger partial charge on any atom is 0.0384 e. The monoisotopic (exact) mass is 618 g/mol. The van der Waals surface area contributed by atoms with E-state index in [2.05, 4.69) is 67.7 Å². The molecule has 0 atom stereocenters. The van der Waals surface area contributed by atoms with E-state index < -0.39 is 0 Å². The van der Waals surface area contributed by atoms with E-state index in [0.29, 0.717) is 0 Å². The number of hydrogen-bond donors (Lipinski definition) is 1. The molecule has 0 aromatic heterocycles. The van der Waals surface area contributed by atoms with Crippen LogP contribution in [0.4, 0.5) is 11.4 Å². The normalized spacial score (nSPS) is 11.3. The molecular formula is C44H75N. The van der Waals surface area contributed by atoms with E-state index in [1.54, 1.807) is 0 Å². The molecule has 1 nitrogen and oxygen atoms in total. The van der Waals surface area contributed by atoms with Crippen molar-refractivity contribution >= 4 is 11.4 Å². The predicted octanol–water partition coefficient (Wildman–Crippen LogP) is 15.5. The largest absolute Gasteiger partial charge is 0.356 e. The smallest absolute Gasteiger partial charge is 0.0384 e. The van der Waals surface area contributed by atoms with Crippen LogP contribution in [-0.4, -0.2) is 0 Å². The number of aryl methyl sites for hydroxylation is 2. The number of benzene rings is 2. The van der Waals surface area contributed by atoms with Crippen molar-refractivity contribution in [2.75, 3.05) is 5.32 Å². The summed E-state index contributed by atoms with van der Waals surface area (Å²) in [4.78, 5) is 0. The Balaban J connectivity index is 1.41. The summed E-state index contributed by atoms with van der Waals surface area (Å²) in [5.41, 5.74) is 5.34.